The summed E-state index contributed by atoms with van der Waals surface area (Å²) in [6.07, 6.45) is -2.10. The Morgan fingerprint density at radius 1 is 0.750 bits per heavy atom. The molecule has 16 nitrogen and oxygen atoms in total. The monoisotopic (exact) mass is 731 g/mol. The molecule has 2 aromatic carbocycles. The van der Waals surface area contributed by atoms with E-state index in [0.29, 0.717) is 16.8 Å². The molecule has 0 unspecified atom stereocenters. The van der Waals surface area contributed by atoms with Gasteiger partial charge in [0.15, 0.2) is 0 Å². The van der Waals surface area contributed by atoms with E-state index >= 15 is 0 Å². The van der Waals surface area contributed by atoms with E-state index in [-0.39, 0.29) is 88.8 Å². The van der Waals surface area contributed by atoms with Crippen molar-refractivity contribution in [1.29, 1.82) is 0 Å². The van der Waals surface area contributed by atoms with Crippen LogP contribution < -0.4 is 15.4 Å². The second kappa shape index (κ2) is 22.8. The molecular formula is C36H53N5O11. The number of hydrogen-bond donors (Lipinski definition) is 3. The molecule has 0 aliphatic heterocycles. The molecule has 0 aromatic heterocycles. The Hall–Kier alpha value is -4.93. The first-order chi connectivity index (χ1) is 24.7. The van der Waals surface area contributed by atoms with Crippen molar-refractivity contribution in [2.45, 2.75) is 53.0 Å². The van der Waals surface area contributed by atoms with Crippen molar-refractivity contribution in [1.82, 2.24) is 20.0 Å². The van der Waals surface area contributed by atoms with Crippen LogP contribution in [0.25, 0.3) is 0 Å². The summed E-state index contributed by atoms with van der Waals surface area (Å²) in [5.41, 5.74) is 1.84. The van der Waals surface area contributed by atoms with Gasteiger partial charge in [-0.25, -0.2) is 14.4 Å². The zero-order chi connectivity index (χ0) is 38.6. The quantitative estimate of drug-likeness (QED) is 0.133. The van der Waals surface area contributed by atoms with Crippen molar-refractivity contribution < 1.29 is 52.8 Å². The van der Waals surface area contributed by atoms with Gasteiger partial charge in [0.05, 0.1) is 32.5 Å². The second-order valence-corrected chi connectivity index (χ2v) is 12.3. The number of nitrogens with zero attached hydrogens (tertiary/aromatic N) is 3. The number of benzene rings is 2. The summed E-state index contributed by atoms with van der Waals surface area (Å²) in [4.78, 5) is 67.0. The Bertz CT molecular complexity index is 1410. The van der Waals surface area contributed by atoms with Gasteiger partial charge in [0.25, 0.3) is 0 Å². The highest BCUT2D eigenvalue weighted by molar-refractivity contribution is 5.97. The molecule has 16 heteroatoms. The van der Waals surface area contributed by atoms with E-state index in [1.807, 2.05) is 32.8 Å². The SMILES string of the molecule is CCOC(=O)OCCOCCN(CCN(C)C(=O)OCc1ccc(NC(=O)[C@H](C)NC(=O)[C@H](C(C)C)N(C)C)cc1)C(=O)Oc1ccc(CO)cc1. The number of aliphatic hydroxyl groups is 1. The van der Waals surface area contributed by atoms with Crippen molar-refractivity contribution in [3.05, 3.63) is 59.7 Å². The van der Waals surface area contributed by atoms with E-state index < -0.39 is 24.4 Å². The molecular weight excluding hydrogens is 678 g/mol. The van der Waals surface area contributed by atoms with Gasteiger partial charge in [0, 0.05) is 32.4 Å². The summed E-state index contributed by atoms with van der Waals surface area (Å²) in [6, 6.07) is 12.0. The molecule has 0 aliphatic rings. The largest absolute Gasteiger partial charge is 0.508 e. The Labute approximate surface area is 305 Å². The lowest BCUT2D eigenvalue weighted by Gasteiger charge is -2.28. The Balaban J connectivity index is 1.88. The lowest BCUT2D eigenvalue weighted by atomic mass is 10.0. The summed E-state index contributed by atoms with van der Waals surface area (Å²) in [6.45, 7) is 7.61. The van der Waals surface area contributed by atoms with E-state index in [9.17, 15) is 29.1 Å². The fourth-order valence-electron chi connectivity index (χ4n) is 4.79. The number of anilines is 1. The van der Waals surface area contributed by atoms with E-state index in [4.69, 9.17) is 18.9 Å². The van der Waals surface area contributed by atoms with Crippen LogP contribution in [-0.2, 0) is 41.8 Å². The molecule has 0 saturated heterocycles. The highest BCUT2D eigenvalue weighted by Gasteiger charge is 2.27. The van der Waals surface area contributed by atoms with Gasteiger partial charge < -0.3 is 49.2 Å². The molecule has 4 amide bonds. The van der Waals surface area contributed by atoms with Gasteiger partial charge in [-0.05, 0) is 69.3 Å². The van der Waals surface area contributed by atoms with Crippen molar-refractivity contribution in [3.63, 3.8) is 0 Å². The van der Waals surface area contributed by atoms with E-state index in [1.54, 1.807) is 62.4 Å². The molecule has 288 valence electrons. The number of rotatable bonds is 20. The van der Waals surface area contributed by atoms with Crippen LogP contribution in [0.2, 0.25) is 0 Å². The number of carbonyl (C=O) groups is 5. The second-order valence-electron chi connectivity index (χ2n) is 12.3. The Morgan fingerprint density at radius 3 is 2.00 bits per heavy atom. The van der Waals surface area contributed by atoms with Crippen molar-refractivity contribution in [2.24, 2.45) is 5.92 Å². The van der Waals surface area contributed by atoms with Crippen molar-refractivity contribution >= 4 is 35.8 Å². The number of likely N-dealkylation sites (N-methyl/N-ethyl adjacent to an activating group) is 2. The molecule has 0 spiro atoms. The summed E-state index contributed by atoms with van der Waals surface area (Å²) < 4.78 is 26.0. The van der Waals surface area contributed by atoms with Gasteiger partial charge in [0.2, 0.25) is 11.8 Å². The van der Waals surface area contributed by atoms with Crippen molar-refractivity contribution in [3.8, 4) is 5.75 Å². The fourth-order valence-corrected chi connectivity index (χ4v) is 4.79. The minimum Gasteiger partial charge on any atom is -0.445 e. The van der Waals surface area contributed by atoms with E-state index in [0.717, 1.165) is 0 Å². The molecule has 0 fully saturated rings. The standard InChI is InChI=1S/C36H53N5O11/c1-8-49-36(47)50-22-21-48-20-19-41(35(46)52-30-15-11-27(23-42)12-16-30)18-17-40(7)34(45)51-24-28-9-13-29(14-10-28)38-32(43)26(4)37-33(44)31(25(2)3)39(5)6/h9-16,25-26,31,42H,8,17-24H2,1-7H3,(H,37,44)(H,38,43)/t26-,31-/m0/s1. The number of hydrogen-bond acceptors (Lipinski definition) is 12. The van der Waals surface area contributed by atoms with Crippen LogP contribution in [-0.4, -0.2) is 129 Å². The Morgan fingerprint density at radius 2 is 1.40 bits per heavy atom. The first-order valence-corrected chi connectivity index (χ1v) is 17.0. The number of carbonyl (C=O) groups excluding carboxylic acids is 5. The lowest BCUT2D eigenvalue weighted by Crippen LogP contribution is -2.51. The average Bonchev–Trinajstić information content (AvgIpc) is 3.10. The smallest absolute Gasteiger partial charge is 0.445 e. The van der Waals surface area contributed by atoms with Gasteiger partial charge in [0.1, 0.15) is 25.0 Å². The first kappa shape index (κ1) is 43.2. The normalized spacial score (nSPS) is 12.0. The van der Waals surface area contributed by atoms with Gasteiger partial charge in [-0.3, -0.25) is 14.5 Å². The molecule has 0 radical (unpaired) electrons. The molecule has 2 atom stereocenters. The minimum absolute atomic E-state index is 0.0263. The highest BCUT2D eigenvalue weighted by atomic mass is 16.7. The molecule has 0 aliphatic carbocycles. The van der Waals surface area contributed by atoms with Gasteiger partial charge >= 0.3 is 18.3 Å². The van der Waals surface area contributed by atoms with E-state index in [2.05, 4.69) is 15.4 Å². The number of aliphatic hydroxyl groups excluding tert-OH is 1. The third kappa shape index (κ3) is 15.5. The topological polar surface area (TPSA) is 186 Å². The zero-order valence-electron chi connectivity index (χ0n) is 31.1. The zero-order valence-corrected chi connectivity index (χ0v) is 31.1. The lowest BCUT2D eigenvalue weighted by molar-refractivity contribution is -0.130. The van der Waals surface area contributed by atoms with Crippen LogP contribution in [0, 0.1) is 5.92 Å². The van der Waals surface area contributed by atoms with Crippen LogP contribution in [0.3, 0.4) is 0 Å². The summed E-state index contributed by atoms with van der Waals surface area (Å²) in [7, 11) is 5.16. The van der Waals surface area contributed by atoms with Crippen molar-refractivity contribution in [2.75, 3.05) is 72.5 Å². The van der Waals surface area contributed by atoms with Crippen LogP contribution in [0.15, 0.2) is 48.5 Å². The van der Waals surface area contributed by atoms with Gasteiger partial charge in [-0.1, -0.05) is 38.1 Å². The molecule has 2 aromatic rings. The van der Waals surface area contributed by atoms with Crippen LogP contribution in [0.1, 0.15) is 38.8 Å². The summed E-state index contributed by atoms with van der Waals surface area (Å²) in [5, 5.41) is 14.8. The first-order valence-electron chi connectivity index (χ1n) is 17.0. The predicted molar refractivity (Wildman–Crippen MR) is 192 cm³/mol. The molecule has 0 bridgehead atoms. The van der Waals surface area contributed by atoms with E-state index in [1.165, 1.54) is 16.8 Å². The number of amides is 4. The molecule has 0 saturated carbocycles. The molecule has 3 N–H and O–H groups in total. The van der Waals surface area contributed by atoms with Crippen LogP contribution in [0.5, 0.6) is 5.75 Å². The summed E-state index contributed by atoms with van der Waals surface area (Å²) in [5.74, 6) is -0.263. The Kier molecular flexibility index (Phi) is 19.0. The maximum Gasteiger partial charge on any atom is 0.508 e. The molecule has 0 heterocycles. The van der Waals surface area contributed by atoms with Gasteiger partial charge in [-0.2, -0.15) is 0 Å². The van der Waals surface area contributed by atoms with Crippen LogP contribution >= 0.6 is 0 Å². The third-order valence-electron chi connectivity index (χ3n) is 7.59. The molecule has 52 heavy (non-hydrogen) atoms. The predicted octanol–water partition coefficient (Wildman–Crippen LogP) is 3.47. The molecule has 2 rings (SSSR count). The highest BCUT2D eigenvalue weighted by Crippen LogP contribution is 2.15. The number of ether oxygens (including phenoxy) is 5. The summed E-state index contributed by atoms with van der Waals surface area (Å²) >= 11 is 0. The van der Waals surface area contributed by atoms with Gasteiger partial charge in [-0.15, -0.1) is 0 Å². The fraction of sp³-hybridized carbons (Fsp3) is 0.528. The number of nitrogens with one attached hydrogen (secondary N) is 2. The van der Waals surface area contributed by atoms with Crippen LogP contribution in [0.4, 0.5) is 20.1 Å². The maximum atomic E-state index is 13.0. The average molecular weight is 732 g/mol. The maximum absolute atomic E-state index is 13.0. The third-order valence-corrected chi connectivity index (χ3v) is 7.59. The minimum atomic E-state index is -0.798.